The molecule has 278 valence electrons. The summed E-state index contributed by atoms with van der Waals surface area (Å²) in [6.07, 6.45) is 5.75. The van der Waals surface area contributed by atoms with Crippen molar-refractivity contribution in [1.29, 1.82) is 0 Å². The molecule has 1 unspecified atom stereocenters. The zero-order valence-corrected chi connectivity index (χ0v) is 30.4. The maximum Gasteiger partial charge on any atom is 0.262 e. The number of hydrogen-bond acceptors (Lipinski definition) is 9. The average Bonchev–Trinajstić information content (AvgIpc) is 3.72. The van der Waals surface area contributed by atoms with Gasteiger partial charge in [0.2, 0.25) is 23.6 Å². The first-order valence-corrected chi connectivity index (χ1v) is 18.5. The molecule has 6 amide bonds. The van der Waals surface area contributed by atoms with Gasteiger partial charge in [0.1, 0.15) is 24.8 Å². The second-order valence-electron chi connectivity index (χ2n) is 14.0. The van der Waals surface area contributed by atoms with Crippen molar-refractivity contribution in [1.82, 2.24) is 25.1 Å². The van der Waals surface area contributed by atoms with Crippen molar-refractivity contribution in [3.63, 3.8) is 0 Å². The van der Waals surface area contributed by atoms with Crippen molar-refractivity contribution in [3.8, 4) is 11.1 Å². The number of nitrogens with one attached hydrogen (secondary N) is 2. The predicted molar refractivity (Wildman–Crippen MR) is 199 cm³/mol. The Morgan fingerprint density at radius 2 is 1.72 bits per heavy atom. The van der Waals surface area contributed by atoms with E-state index >= 15 is 0 Å². The normalized spacial score (nSPS) is 19.6. The van der Waals surface area contributed by atoms with Gasteiger partial charge in [-0.1, -0.05) is 30.7 Å². The lowest BCUT2D eigenvalue weighted by Crippen LogP contribution is -2.54. The minimum absolute atomic E-state index is 0.0527. The first kappa shape index (κ1) is 35.4. The van der Waals surface area contributed by atoms with Crippen molar-refractivity contribution in [2.45, 2.75) is 51.2 Å². The molecule has 3 saturated heterocycles. The number of benzene rings is 2. The van der Waals surface area contributed by atoms with Gasteiger partial charge in [0.25, 0.3) is 11.8 Å². The summed E-state index contributed by atoms with van der Waals surface area (Å²) in [5.41, 5.74) is 5.40. The molecule has 54 heavy (non-hydrogen) atoms. The lowest BCUT2D eigenvalue weighted by molar-refractivity contribution is -0.142. The van der Waals surface area contributed by atoms with Gasteiger partial charge in [-0.2, -0.15) is 0 Å². The number of H-pyrrole nitrogens is 1. The number of ether oxygens (including phenoxy) is 1. The summed E-state index contributed by atoms with van der Waals surface area (Å²) >= 11 is 6.87. The number of piperidine rings is 2. The number of amides is 6. The maximum atomic E-state index is 13.3. The Balaban J connectivity index is 0.833. The summed E-state index contributed by atoms with van der Waals surface area (Å²) in [7, 11) is 0. The van der Waals surface area contributed by atoms with E-state index in [9.17, 15) is 28.8 Å². The quantitative estimate of drug-likeness (QED) is 0.256. The maximum absolute atomic E-state index is 13.3. The number of fused-ring (bicyclic) bond motifs is 2. The zero-order valence-electron chi connectivity index (χ0n) is 29.6. The summed E-state index contributed by atoms with van der Waals surface area (Å²) in [6.45, 7) is 3.80. The molecule has 0 bridgehead atoms. The Hall–Kier alpha value is -5.60. The van der Waals surface area contributed by atoms with Crippen LogP contribution in [0, 0.1) is 0 Å². The number of aromatic nitrogens is 2. The second kappa shape index (κ2) is 14.3. The molecule has 2 N–H and O–H groups in total. The smallest absolute Gasteiger partial charge is 0.262 e. The second-order valence-corrected chi connectivity index (χ2v) is 14.3. The van der Waals surface area contributed by atoms with Gasteiger partial charge in [0, 0.05) is 67.3 Å². The highest BCUT2D eigenvalue weighted by Gasteiger charge is 2.45. The van der Waals surface area contributed by atoms with Crippen molar-refractivity contribution in [3.05, 3.63) is 76.6 Å². The lowest BCUT2D eigenvalue weighted by atomic mass is 10.0. The standard InChI is InChI=1S/C39H38ClN7O7/c1-2-22-18-41-36-34(22)35(40)29(19-42-36)23-4-3-5-25(16-23)46-15-14-45(20-32(46)49)33(50)21-54-26-10-12-44(13-11-26)24-6-7-27-28(17-24)39(53)47(38(27)52)30-8-9-31(48)43-37(30)51/h3-7,16-19,26,30H,2,8-15,20-21H2,1H3,(H,41,42)(H,43,48,51). The van der Waals surface area contributed by atoms with E-state index in [0.717, 1.165) is 50.4 Å². The minimum atomic E-state index is -1.02. The van der Waals surface area contributed by atoms with Gasteiger partial charge in [-0.3, -0.25) is 39.0 Å². The Kier molecular flexibility index (Phi) is 9.40. The van der Waals surface area contributed by atoms with Crippen LogP contribution < -0.4 is 15.1 Å². The number of pyridine rings is 1. The molecule has 1 atom stereocenters. The van der Waals surface area contributed by atoms with E-state index in [1.807, 2.05) is 30.5 Å². The van der Waals surface area contributed by atoms with E-state index in [2.05, 4.69) is 27.1 Å². The predicted octanol–water partition coefficient (Wildman–Crippen LogP) is 3.71. The number of imide groups is 2. The number of piperazine rings is 1. The molecule has 0 radical (unpaired) electrons. The summed E-state index contributed by atoms with van der Waals surface area (Å²) in [5, 5.41) is 3.72. The molecule has 0 spiro atoms. The van der Waals surface area contributed by atoms with Gasteiger partial charge < -0.3 is 24.4 Å². The first-order valence-electron chi connectivity index (χ1n) is 18.2. The van der Waals surface area contributed by atoms with Crippen LogP contribution in [0.1, 0.15) is 58.9 Å². The third kappa shape index (κ3) is 6.38. The van der Waals surface area contributed by atoms with Crippen molar-refractivity contribution in [2.24, 2.45) is 0 Å². The van der Waals surface area contributed by atoms with Crippen LogP contribution in [0.2, 0.25) is 5.02 Å². The molecule has 14 nitrogen and oxygen atoms in total. The topological polar surface area (TPSA) is 165 Å². The number of halogens is 1. The van der Waals surface area contributed by atoms with E-state index in [4.69, 9.17) is 16.3 Å². The number of carbonyl (C=O) groups excluding carboxylic acids is 6. The minimum Gasteiger partial charge on any atom is -0.371 e. The van der Waals surface area contributed by atoms with Crippen LogP contribution in [0.15, 0.2) is 54.9 Å². The van der Waals surface area contributed by atoms with Crippen LogP contribution in [-0.2, 0) is 30.3 Å². The van der Waals surface area contributed by atoms with Crippen LogP contribution in [0.5, 0.6) is 0 Å². The van der Waals surface area contributed by atoms with Crippen molar-refractivity contribution < 1.29 is 33.5 Å². The SMILES string of the molecule is CCc1c[nH]c2ncc(-c3cccc(N4CCN(C(=O)COC5CCN(c6ccc7c(c6)C(=O)N(C6CCC(=O)NC6=O)C7=O)CC5)CC4=O)c3)c(Cl)c12. The van der Waals surface area contributed by atoms with Gasteiger partial charge in [0.05, 0.1) is 22.3 Å². The lowest BCUT2D eigenvalue weighted by Gasteiger charge is -2.36. The van der Waals surface area contributed by atoms with Gasteiger partial charge in [0.15, 0.2) is 0 Å². The van der Waals surface area contributed by atoms with Gasteiger partial charge >= 0.3 is 0 Å². The zero-order chi connectivity index (χ0) is 37.7. The molecule has 8 rings (SSSR count). The number of carbonyl (C=O) groups is 6. The molecule has 4 aromatic rings. The number of aromatic amines is 1. The number of rotatable bonds is 8. The Bertz CT molecular complexity index is 2230. The summed E-state index contributed by atoms with van der Waals surface area (Å²) < 4.78 is 6.02. The first-order chi connectivity index (χ1) is 26.1. The van der Waals surface area contributed by atoms with Crippen LogP contribution in [-0.4, -0.2) is 107 Å². The van der Waals surface area contributed by atoms with Crippen LogP contribution in [0.25, 0.3) is 22.2 Å². The van der Waals surface area contributed by atoms with E-state index in [-0.39, 0.29) is 55.0 Å². The van der Waals surface area contributed by atoms with Gasteiger partial charge in [-0.15, -0.1) is 0 Å². The Morgan fingerprint density at radius 1 is 0.926 bits per heavy atom. The number of aryl methyl sites for hydroxylation is 1. The third-order valence-electron chi connectivity index (χ3n) is 10.8. The average molecular weight is 752 g/mol. The molecule has 3 fully saturated rings. The Morgan fingerprint density at radius 3 is 2.48 bits per heavy atom. The molecule has 2 aromatic heterocycles. The number of anilines is 2. The molecule has 0 aliphatic carbocycles. The summed E-state index contributed by atoms with van der Waals surface area (Å²) in [5.74, 6) is -2.58. The monoisotopic (exact) mass is 751 g/mol. The molecular weight excluding hydrogens is 714 g/mol. The van der Waals surface area contributed by atoms with Crippen LogP contribution in [0.3, 0.4) is 0 Å². The largest absolute Gasteiger partial charge is 0.371 e. The molecule has 4 aliphatic rings. The van der Waals surface area contributed by atoms with E-state index in [0.29, 0.717) is 44.0 Å². The van der Waals surface area contributed by atoms with E-state index < -0.39 is 29.7 Å². The number of nitrogens with zero attached hydrogens (tertiary/aromatic N) is 5. The molecule has 4 aliphatic heterocycles. The fraction of sp³-hybridized carbons (Fsp3) is 0.359. The fourth-order valence-corrected chi connectivity index (χ4v) is 8.19. The Labute approximate surface area is 315 Å². The number of hydrogen-bond donors (Lipinski definition) is 2. The van der Waals surface area contributed by atoms with E-state index in [1.165, 1.54) is 4.90 Å². The molecule has 2 aromatic carbocycles. The summed E-state index contributed by atoms with van der Waals surface area (Å²) in [6, 6.07) is 11.7. The highest BCUT2D eigenvalue weighted by Crippen LogP contribution is 2.37. The van der Waals surface area contributed by atoms with Crippen molar-refractivity contribution in [2.75, 3.05) is 49.1 Å². The fourth-order valence-electron chi connectivity index (χ4n) is 7.82. The van der Waals surface area contributed by atoms with Gasteiger partial charge in [-0.25, -0.2) is 4.98 Å². The van der Waals surface area contributed by atoms with Crippen molar-refractivity contribution >= 4 is 69.5 Å². The molecule has 6 heterocycles. The van der Waals surface area contributed by atoms with Crippen LogP contribution >= 0.6 is 11.6 Å². The van der Waals surface area contributed by atoms with Gasteiger partial charge in [-0.05, 0) is 67.1 Å². The highest BCUT2D eigenvalue weighted by atomic mass is 35.5. The highest BCUT2D eigenvalue weighted by molar-refractivity contribution is 6.38. The molecular formula is C39H38ClN7O7. The third-order valence-corrected chi connectivity index (χ3v) is 11.2. The van der Waals surface area contributed by atoms with E-state index in [1.54, 1.807) is 29.3 Å². The molecule has 15 heteroatoms. The molecule has 0 saturated carbocycles. The van der Waals surface area contributed by atoms with Crippen LogP contribution in [0.4, 0.5) is 11.4 Å². The summed E-state index contributed by atoms with van der Waals surface area (Å²) in [4.78, 5) is 90.8.